The number of carbonyl (C=O) groups is 2. The number of benzene rings is 1. The number of ether oxygens (including phenoxy) is 1. The van der Waals surface area contributed by atoms with Gasteiger partial charge in [-0.2, -0.15) is 0 Å². The molecular weight excluding hydrogens is 232 g/mol. The van der Waals surface area contributed by atoms with Crippen LogP contribution in [0.15, 0.2) is 24.3 Å². The fourth-order valence-electron chi connectivity index (χ4n) is 2.54. The van der Waals surface area contributed by atoms with Gasteiger partial charge in [-0.05, 0) is 17.7 Å². The van der Waals surface area contributed by atoms with Crippen LogP contribution in [0.1, 0.15) is 52.0 Å². The number of ketones is 1. The van der Waals surface area contributed by atoms with Crippen molar-refractivity contribution >= 4 is 11.8 Å². The molecule has 2 aliphatic rings. The van der Waals surface area contributed by atoms with Crippen molar-refractivity contribution in [1.29, 1.82) is 0 Å². The predicted molar refractivity (Wildman–Crippen MR) is 63.3 cm³/mol. The summed E-state index contributed by atoms with van der Waals surface area (Å²) in [6.45, 7) is 3.95. The van der Waals surface area contributed by atoms with Gasteiger partial charge in [0.2, 0.25) is 6.29 Å². The second kappa shape index (κ2) is 3.29. The average Bonchev–Trinajstić information content (AvgIpc) is 2.60. The van der Waals surface area contributed by atoms with Gasteiger partial charge in [0, 0.05) is 16.5 Å². The summed E-state index contributed by atoms with van der Waals surface area (Å²) in [4.78, 5) is 23.5. The van der Waals surface area contributed by atoms with E-state index < -0.39 is 12.3 Å². The van der Waals surface area contributed by atoms with Crippen LogP contribution in [0.5, 0.6) is 0 Å². The van der Waals surface area contributed by atoms with Crippen molar-refractivity contribution in [2.24, 2.45) is 0 Å². The number of carbonyl (C=O) groups excluding carboxylic acids is 2. The van der Waals surface area contributed by atoms with Crippen LogP contribution in [0.2, 0.25) is 0 Å². The van der Waals surface area contributed by atoms with E-state index in [-0.39, 0.29) is 16.8 Å². The Balaban J connectivity index is 2.36. The molecule has 1 atom stereocenters. The van der Waals surface area contributed by atoms with Crippen molar-refractivity contribution in [3.8, 4) is 0 Å². The highest BCUT2D eigenvalue weighted by Crippen LogP contribution is 2.40. The molecule has 0 unspecified atom stereocenters. The zero-order chi connectivity index (χ0) is 13.1. The van der Waals surface area contributed by atoms with Gasteiger partial charge in [-0.3, -0.25) is 4.79 Å². The number of rotatable bonds is 0. The number of hydrogen-bond donors (Lipinski definition) is 1. The Morgan fingerprint density at radius 2 is 2.00 bits per heavy atom. The molecule has 1 aromatic carbocycles. The molecule has 1 N–H and O–H groups in total. The number of allylic oxidation sites excluding steroid dienone is 2. The summed E-state index contributed by atoms with van der Waals surface area (Å²) in [6.07, 6.45) is 1.97. The molecule has 3 rings (SSSR count). The Kier molecular flexibility index (Phi) is 2.04. The Morgan fingerprint density at radius 3 is 2.72 bits per heavy atom. The number of fused-ring (bicyclic) bond motifs is 3. The molecule has 0 saturated carbocycles. The maximum atomic E-state index is 12.0. The first-order valence-electron chi connectivity index (χ1n) is 5.72. The molecule has 0 spiro atoms. The van der Waals surface area contributed by atoms with E-state index in [0.717, 1.165) is 5.56 Å². The molecule has 0 fully saturated rings. The third kappa shape index (κ3) is 1.29. The van der Waals surface area contributed by atoms with Gasteiger partial charge in [0.25, 0.3) is 0 Å². The van der Waals surface area contributed by atoms with Crippen molar-refractivity contribution in [1.82, 2.24) is 0 Å². The van der Waals surface area contributed by atoms with Crippen molar-refractivity contribution in [2.75, 3.05) is 0 Å². The van der Waals surface area contributed by atoms with Crippen LogP contribution in [0.4, 0.5) is 0 Å². The number of aliphatic hydroxyl groups is 1. The molecule has 1 aromatic rings. The molecule has 1 aliphatic heterocycles. The van der Waals surface area contributed by atoms with Gasteiger partial charge in [-0.15, -0.1) is 0 Å². The van der Waals surface area contributed by atoms with Gasteiger partial charge in [-0.1, -0.05) is 26.0 Å². The summed E-state index contributed by atoms with van der Waals surface area (Å²) in [6, 6.07) is 3.37. The molecular formula is C14H12O4. The van der Waals surface area contributed by atoms with E-state index in [1.54, 1.807) is 12.1 Å². The van der Waals surface area contributed by atoms with E-state index in [1.807, 2.05) is 19.9 Å². The quantitative estimate of drug-likeness (QED) is 0.708. The Bertz CT molecular complexity index is 610. The smallest absolute Gasteiger partial charge is 0.341 e. The molecule has 0 aromatic heterocycles. The van der Waals surface area contributed by atoms with Gasteiger partial charge in [0.1, 0.15) is 0 Å². The summed E-state index contributed by atoms with van der Waals surface area (Å²) in [5.41, 5.74) is 1.49. The number of esters is 1. The van der Waals surface area contributed by atoms with E-state index in [4.69, 9.17) is 4.74 Å². The summed E-state index contributed by atoms with van der Waals surface area (Å²) in [5, 5.41) is 9.78. The first-order chi connectivity index (χ1) is 8.42. The Morgan fingerprint density at radius 1 is 1.28 bits per heavy atom. The maximum absolute atomic E-state index is 12.0. The second-order valence-corrected chi connectivity index (χ2v) is 5.13. The summed E-state index contributed by atoms with van der Waals surface area (Å²) in [7, 11) is 0. The van der Waals surface area contributed by atoms with Crippen LogP contribution in [0.25, 0.3) is 0 Å². The molecule has 1 aliphatic carbocycles. The van der Waals surface area contributed by atoms with E-state index in [0.29, 0.717) is 11.1 Å². The van der Waals surface area contributed by atoms with Crippen LogP contribution < -0.4 is 0 Å². The van der Waals surface area contributed by atoms with Gasteiger partial charge in [-0.25, -0.2) is 4.79 Å². The summed E-state index contributed by atoms with van der Waals surface area (Å²) < 4.78 is 4.75. The SMILES string of the molecule is CC1(C)C=CC(=O)c2c1ccc1c2[C@@H](O)OC1=O. The van der Waals surface area contributed by atoms with Crippen LogP contribution in [-0.4, -0.2) is 16.9 Å². The summed E-state index contributed by atoms with van der Waals surface area (Å²) in [5.74, 6) is -0.779. The number of cyclic esters (lactones) is 1. The number of aliphatic hydroxyl groups excluding tert-OH is 1. The fraction of sp³-hybridized carbons (Fsp3) is 0.286. The number of hydrogen-bond acceptors (Lipinski definition) is 4. The van der Waals surface area contributed by atoms with E-state index in [9.17, 15) is 14.7 Å². The minimum Gasteiger partial charge on any atom is -0.428 e. The first kappa shape index (κ1) is 11.2. The van der Waals surface area contributed by atoms with Gasteiger partial charge >= 0.3 is 5.97 Å². The highest BCUT2D eigenvalue weighted by Gasteiger charge is 2.38. The third-order valence-electron chi connectivity index (χ3n) is 3.52. The minimum atomic E-state index is -1.34. The van der Waals surface area contributed by atoms with Gasteiger partial charge in [0.15, 0.2) is 5.78 Å². The highest BCUT2D eigenvalue weighted by molar-refractivity contribution is 6.11. The summed E-state index contributed by atoms with van der Waals surface area (Å²) >= 11 is 0. The molecule has 4 nitrogen and oxygen atoms in total. The molecule has 1 heterocycles. The average molecular weight is 244 g/mol. The van der Waals surface area contributed by atoms with E-state index in [1.165, 1.54) is 6.08 Å². The van der Waals surface area contributed by atoms with Crippen molar-refractivity contribution in [3.63, 3.8) is 0 Å². The lowest BCUT2D eigenvalue weighted by molar-refractivity contribution is -0.0550. The monoisotopic (exact) mass is 244 g/mol. The topological polar surface area (TPSA) is 63.6 Å². The molecule has 18 heavy (non-hydrogen) atoms. The lowest BCUT2D eigenvalue weighted by atomic mass is 9.74. The Hall–Kier alpha value is -1.94. The van der Waals surface area contributed by atoms with E-state index >= 15 is 0 Å². The van der Waals surface area contributed by atoms with E-state index in [2.05, 4.69) is 0 Å². The maximum Gasteiger partial charge on any atom is 0.341 e. The first-order valence-corrected chi connectivity index (χ1v) is 5.72. The second-order valence-electron chi connectivity index (χ2n) is 5.13. The molecule has 4 heteroatoms. The molecule has 0 bridgehead atoms. The van der Waals surface area contributed by atoms with Crippen molar-refractivity contribution in [3.05, 3.63) is 46.5 Å². The molecule has 0 radical (unpaired) electrons. The highest BCUT2D eigenvalue weighted by atomic mass is 16.6. The van der Waals surface area contributed by atoms with Crippen molar-refractivity contribution in [2.45, 2.75) is 25.6 Å². The zero-order valence-corrected chi connectivity index (χ0v) is 10.1. The van der Waals surface area contributed by atoms with Crippen LogP contribution in [-0.2, 0) is 10.2 Å². The van der Waals surface area contributed by atoms with Crippen LogP contribution in [0, 0.1) is 0 Å². The normalized spacial score (nSPS) is 23.6. The lowest BCUT2D eigenvalue weighted by Gasteiger charge is -2.28. The molecule has 92 valence electrons. The third-order valence-corrected chi connectivity index (χ3v) is 3.52. The zero-order valence-electron chi connectivity index (χ0n) is 10.1. The molecule has 0 saturated heterocycles. The standard InChI is InChI=1S/C14H12O4/c1-14(2)6-5-9(15)11-8(14)4-3-7-10(11)13(17)18-12(7)16/h3-6,13,17H,1-2H3/t13-/m0/s1. The van der Waals surface area contributed by atoms with Crippen LogP contribution in [0.3, 0.4) is 0 Å². The van der Waals surface area contributed by atoms with Gasteiger partial charge < -0.3 is 9.84 Å². The van der Waals surface area contributed by atoms with Crippen molar-refractivity contribution < 1.29 is 19.4 Å². The molecule has 0 amide bonds. The van der Waals surface area contributed by atoms with Crippen LogP contribution >= 0.6 is 0 Å². The minimum absolute atomic E-state index is 0.196. The van der Waals surface area contributed by atoms with Gasteiger partial charge in [0.05, 0.1) is 5.56 Å². The fourth-order valence-corrected chi connectivity index (χ4v) is 2.54. The lowest BCUT2D eigenvalue weighted by Crippen LogP contribution is -2.24. The Labute approximate surface area is 104 Å². The predicted octanol–water partition coefficient (Wildman–Crippen LogP) is 1.88. The largest absolute Gasteiger partial charge is 0.428 e.